The van der Waals surface area contributed by atoms with Crippen LogP contribution in [0.4, 0.5) is 27.2 Å². The van der Waals surface area contributed by atoms with E-state index in [4.69, 9.17) is 4.74 Å². The minimum atomic E-state index is -5.10. The summed E-state index contributed by atoms with van der Waals surface area (Å²) in [6.07, 6.45) is -6.53. The molecule has 31 heavy (non-hydrogen) atoms. The molecular formula is C20H26F4N2O5. The molecule has 1 saturated carbocycles. The van der Waals surface area contributed by atoms with Crippen molar-refractivity contribution in [2.75, 3.05) is 6.54 Å². The average Bonchev–Trinajstić information content (AvgIpc) is 3.32. The summed E-state index contributed by atoms with van der Waals surface area (Å²) < 4.78 is 60.4. The molecule has 0 atom stereocenters. The molecule has 1 fully saturated rings. The molecule has 0 spiro atoms. The van der Waals surface area contributed by atoms with Crippen LogP contribution in [0, 0.1) is 5.82 Å². The molecule has 7 nitrogen and oxygen atoms in total. The van der Waals surface area contributed by atoms with Crippen LogP contribution in [0.5, 0.6) is 5.75 Å². The zero-order chi connectivity index (χ0) is 23.8. The van der Waals surface area contributed by atoms with Crippen molar-refractivity contribution in [2.45, 2.75) is 70.5 Å². The summed E-state index contributed by atoms with van der Waals surface area (Å²) in [6.45, 7) is 8.03. The van der Waals surface area contributed by atoms with E-state index in [1.165, 1.54) is 6.07 Å². The Hall–Kier alpha value is -2.72. The van der Waals surface area contributed by atoms with Crippen LogP contribution < -0.4 is 10.1 Å². The van der Waals surface area contributed by atoms with E-state index in [1.807, 2.05) is 0 Å². The number of carbonyl (C=O) groups is 2. The fraction of sp³-hybridized carbons (Fsp3) is 0.600. The molecule has 0 bridgehead atoms. The third-order valence-electron chi connectivity index (χ3n) is 4.56. The van der Waals surface area contributed by atoms with Crippen molar-refractivity contribution < 1.29 is 41.7 Å². The number of alkyl carbamates (subject to hydrolysis) is 1. The van der Waals surface area contributed by atoms with Crippen LogP contribution in [-0.2, 0) is 10.3 Å². The number of halogens is 4. The summed E-state index contributed by atoms with van der Waals surface area (Å²) in [6, 6.07) is 2.90. The van der Waals surface area contributed by atoms with E-state index in [2.05, 4.69) is 10.1 Å². The van der Waals surface area contributed by atoms with Crippen molar-refractivity contribution in [1.82, 2.24) is 10.2 Å². The second kappa shape index (κ2) is 8.08. The lowest BCUT2D eigenvalue weighted by atomic mass is 9.98. The molecule has 2 N–H and O–H groups in total. The molecule has 0 radical (unpaired) electrons. The largest absolute Gasteiger partial charge is 0.573 e. The highest BCUT2D eigenvalue weighted by molar-refractivity contribution is 5.70. The molecule has 2 rings (SSSR count). The van der Waals surface area contributed by atoms with Crippen LogP contribution >= 0.6 is 0 Å². The van der Waals surface area contributed by atoms with Crippen molar-refractivity contribution in [3.8, 4) is 5.75 Å². The van der Waals surface area contributed by atoms with E-state index < -0.39 is 46.8 Å². The first-order chi connectivity index (χ1) is 13.9. The second-order valence-corrected chi connectivity index (χ2v) is 9.10. The number of ether oxygens (including phenoxy) is 2. The lowest BCUT2D eigenvalue weighted by molar-refractivity contribution is -0.275. The summed E-state index contributed by atoms with van der Waals surface area (Å²) in [5, 5.41) is 12.4. The van der Waals surface area contributed by atoms with Crippen molar-refractivity contribution in [2.24, 2.45) is 0 Å². The summed E-state index contributed by atoms with van der Waals surface area (Å²) >= 11 is 0. The van der Waals surface area contributed by atoms with Gasteiger partial charge in [-0.2, -0.15) is 0 Å². The number of alkyl halides is 3. The van der Waals surface area contributed by atoms with E-state index in [1.54, 1.807) is 34.6 Å². The van der Waals surface area contributed by atoms with Gasteiger partial charge in [-0.05, 0) is 65.2 Å². The molecule has 0 heterocycles. The van der Waals surface area contributed by atoms with E-state index in [0.29, 0.717) is 12.8 Å². The van der Waals surface area contributed by atoms with Gasteiger partial charge in [0.25, 0.3) is 0 Å². The lowest BCUT2D eigenvalue weighted by Crippen LogP contribution is -2.55. The Morgan fingerprint density at radius 2 is 1.74 bits per heavy atom. The fourth-order valence-electron chi connectivity index (χ4n) is 3.25. The smallest absolute Gasteiger partial charge is 0.465 e. The van der Waals surface area contributed by atoms with Gasteiger partial charge in [0, 0.05) is 6.54 Å². The van der Waals surface area contributed by atoms with Crippen molar-refractivity contribution in [3.05, 3.63) is 29.6 Å². The Morgan fingerprint density at radius 1 is 1.16 bits per heavy atom. The molecule has 2 amide bonds. The third kappa shape index (κ3) is 6.63. The standard InChI is InChI=1S/C20H26F4N2O5/c1-17(2,3)31-15(27)25-18(4,5)11-26(16(28)29)19(8-9-19)12-6-7-13(21)14(10-12)30-20(22,23)24/h6-7,10H,8-9,11H2,1-5H3,(H,25,27)(H,28,29). The number of benzene rings is 1. The number of nitrogens with one attached hydrogen (secondary N) is 1. The second-order valence-electron chi connectivity index (χ2n) is 9.10. The molecule has 1 aliphatic carbocycles. The van der Waals surface area contributed by atoms with Gasteiger partial charge in [-0.25, -0.2) is 14.0 Å². The Kier molecular flexibility index (Phi) is 6.40. The summed E-state index contributed by atoms with van der Waals surface area (Å²) in [5.74, 6) is -2.25. The SMILES string of the molecule is CC(C)(CN(C(=O)O)C1(c2ccc(F)c(OC(F)(F)F)c2)CC1)NC(=O)OC(C)(C)C. The summed E-state index contributed by atoms with van der Waals surface area (Å²) in [4.78, 5) is 25.2. The van der Waals surface area contributed by atoms with Gasteiger partial charge in [0.05, 0.1) is 11.1 Å². The predicted octanol–water partition coefficient (Wildman–Crippen LogP) is 5.00. The summed E-state index contributed by atoms with van der Waals surface area (Å²) in [7, 11) is 0. The minimum absolute atomic E-state index is 0.170. The quantitative estimate of drug-likeness (QED) is 0.596. The zero-order valence-electron chi connectivity index (χ0n) is 17.9. The highest BCUT2D eigenvalue weighted by atomic mass is 19.4. The van der Waals surface area contributed by atoms with Crippen LogP contribution in [0.15, 0.2) is 18.2 Å². The molecule has 0 saturated heterocycles. The molecule has 0 unspecified atom stereocenters. The van der Waals surface area contributed by atoms with Gasteiger partial charge in [0.2, 0.25) is 0 Å². The number of carboxylic acid groups (broad SMARTS) is 1. The van der Waals surface area contributed by atoms with Gasteiger partial charge in [-0.1, -0.05) is 6.07 Å². The first-order valence-corrected chi connectivity index (χ1v) is 9.52. The van der Waals surface area contributed by atoms with Crippen LogP contribution in [0.3, 0.4) is 0 Å². The van der Waals surface area contributed by atoms with Gasteiger partial charge in [-0.15, -0.1) is 13.2 Å². The first kappa shape index (κ1) is 24.5. The van der Waals surface area contributed by atoms with Gasteiger partial charge >= 0.3 is 18.5 Å². The van der Waals surface area contributed by atoms with Gasteiger partial charge in [0.15, 0.2) is 11.6 Å². The molecule has 1 aromatic rings. The zero-order valence-corrected chi connectivity index (χ0v) is 17.9. The topological polar surface area (TPSA) is 88.1 Å². The average molecular weight is 450 g/mol. The maximum Gasteiger partial charge on any atom is 0.573 e. The molecule has 0 aliphatic heterocycles. The highest BCUT2D eigenvalue weighted by Gasteiger charge is 2.53. The molecular weight excluding hydrogens is 424 g/mol. The third-order valence-corrected chi connectivity index (χ3v) is 4.56. The van der Waals surface area contributed by atoms with Crippen molar-refractivity contribution in [3.63, 3.8) is 0 Å². The van der Waals surface area contributed by atoms with Gasteiger partial charge < -0.3 is 19.9 Å². The Balaban J connectivity index is 2.28. The maximum absolute atomic E-state index is 13.8. The van der Waals surface area contributed by atoms with E-state index in [-0.39, 0.29) is 12.1 Å². The molecule has 1 aliphatic rings. The monoisotopic (exact) mass is 450 g/mol. The van der Waals surface area contributed by atoms with E-state index >= 15 is 0 Å². The van der Waals surface area contributed by atoms with E-state index in [0.717, 1.165) is 17.0 Å². The predicted molar refractivity (Wildman–Crippen MR) is 102 cm³/mol. The minimum Gasteiger partial charge on any atom is -0.465 e. The maximum atomic E-state index is 13.8. The molecule has 0 aromatic heterocycles. The number of hydrogen-bond donors (Lipinski definition) is 2. The Bertz CT molecular complexity index is 845. The number of amides is 2. The number of nitrogens with zero attached hydrogens (tertiary/aromatic N) is 1. The Labute approximate surface area is 177 Å². The fourth-order valence-corrected chi connectivity index (χ4v) is 3.25. The van der Waals surface area contributed by atoms with E-state index in [9.17, 15) is 32.3 Å². The number of hydrogen-bond acceptors (Lipinski definition) is 4. The lowest BCUT2D eigenvalue weighted by Gasteiger charge is -2.37. The number of rotatable bonds is 6. The number of carbonyl (C=O) groups excluding carboxylic acids is 1. The van der Waals surface area contributed by atoms with Gasteiger partial charge in [0.1, 0.15) is 5.60 Å². The van der Waals surface area contributed by atoms with Crippen molar-refractivity contribution >= 4 is 12.2 Å². The van der Waals surface area contributed by atoms with Crippen LogP contribution in [0.1, 0.15) is 53.0 Å². The summed E-state index contributed by atoms with van der Waals surface area (Å²) in [5.41, 5.74) is -2.81. The Morgan fingerprint density at radius 3 is 2.19 bits per heavy atom. The van der Waals surface area contributed by atoms with Crippen molar-refractivity contribution in [1.29, 1.82) is 0 Å². The molecule has 174 valence electrons. The normalized spacial score (nSPS) is 15.8. The van der Waals surface area contributed by atoms with Gasteiger partial charge in [-0.3, -0.25) is 4.90 Å². The first-order valence-electron chi connectivity index (χ1n) is 9.52. The van der Waals surface area contributed by atoms with Crippen LogP contribution in [0.25, 0.3) is 0 Å². The van der Waals surface area contributed by atoms with Crippen LogP contribution in [-0.4, -0.2) is 46.2 Å². The molecule has 11 heteroatoms. The van der Waals surface area contributed by atoms with Crippen LogP contribution in [0.2, 0.25) is 0 Å². The highest BCUT2D eigenvalue weighted by Crippen LogP contribution is 2.52. The molecule has 1 aromatic carbocycles.